The third-order valence-electron chi connectivity index (χ3n) is 23.7. The summed E-state index contributed by atoms with van der Waals surface area (Å²) >= 11 is 6.08. The number of benzene rings is 12. The van der Waals surface area contributed by atoms with E-state index in [2.05, 4.69) is 167 Å². The van der Waals surface area contributed by atoms with E-state index in [0.29, 0.717) is 40.0 Å². The summed E-state index contributed by atoms with van der Waals surface area (Å²) in [6.45, 7) is 8.53. The van der Waals surface area contributed by atoms with E-state index in [0.717, 1.165) is 77.3 Å². The van der Waals surface area contributed by atoms with Crippen molar-refractivity contribution >= 4 is 68.1 Å². The number of halogens is 1. The van der Waals surface area contributed by atoms with Crippen LogP contribution in [-0.2, 0) is 20.1 Å². The van der Waals surface area contributed by atoms with Crippen molar-refractivity contribution in [2.45, 2.75) is 114 Å². The van der Waals surface area contributed by atoms with Crippen molar-refractivity contribution < 1.29 is 18.1 Å². The van der Waals surface area contributed by atoms with Crippen LogP contribution in [0.4, 0.5) is 0 Å². The number of fused-ring (bicyclic) bond motifs is 16. The average molecular weight is 1430 g/mol. The molecule has 0 bridgehead atoms. The Morgan fingerprint density at radius 2 is 0.630 bits per heavy atom. The number of nitrogens with zero attached hydrogens (tertiary/aromatic N) is 6. The van der Waals surface area contributed by atoms with Crippen LogP contribution < -0.4 is 5.46 Å². The van der Waals surface area contributed by atoms with E-state index < -0.39 is 0 Å². The summed E-state index contributed by atoms with van der Waals surface area (Å²) in [4.78, 5) is 29.3. The monoisotopic (exact) mass is 1420 g/mol. The van der Waals surface area contributed by atoms with Crippen LogP contribution >= 0.6 is 11.6 Å². The van der Waals surface area contributed by atoms with Gasteiger partial charge in [0.2, 0.25) is 0 Å². The largest absolute Gasteiger partial charge is 0.495 e. The molecule has 5 heterocycles. The van der Waals surface area contributed by atoms with E-state index in [-0.39, 0.29) is 29.2 Å². The summed E-state index contributed by atoms with van der Waals surface area (Å²) in [6, 6.07) is 96.6. The average Bonchev–Trinajstić information content (AvgIpc) is 1.56. The lowest BCUT2D eigenvalue weighted by Crippen LogP contribution is -2.41. The highest BCUT2D eigenvalue weighted by Crippen LogP contribution is 2.59. The van der Waals surface area contributed by atoms with Crippen LogP contribution in [0.1, 0.15) is 114 Å². The lowest BCUT2D eigenvalue weighted by Gasteiger charge is -2.36. The Balaban J connectivity index is 0.000000117. The molecule has 16 aromatic rings. The molecular formula is C96H78BClN6O4. The number of hydrogen-bond donors (Lipinski definition) is 0. The smallest absolute Gasteiger partial charge is 0.456 e. The Morgan fingerprint density at radius 1 is 0.287 bits per heavy atom. The normalized spacial score (nSPS) is 16.0. The van der Waals surface area contributed by atoms with Gasteiger partial charge in [0.05, 0.1) is 11.2 Å². The quantitative estimate of drug-likeness (QED) is 0.136. The molecule has 21 rings (SSSR count). The van der Waals surface area contributed by atoms with Gasteiger partial charge < -0.3 is 18.1 Å². The molecule has 4 aliphatic carbocycles. The van der Waals surface area contributed by atoms with Crippen LogP contribution in [0.3, 0.4) is 0 Å². The molecule has 526 valence electrons. The van der Waals surface area contributed by atoms with Gasteiger partial charge in [-0.3, -0.25) is 0 Å². The summed E-state index contributed by atoms with van der Waals surface area (Å²) < 4.78 is 25.2. The fourth-order valence-electron chi connectivity index (χ4n) is 17.7. The van der Waals surface area contributed by atoms with E-state index in [1.165, 1.54) is 125 Å². The summed E-state index contributed by atoms with van der Waals surface area (Å²) in [5.74, 6) is 3.70. The number of rotatable bonds is 8. The molecule has 0 amide bonds. The standard InChI is InChI=1S/C45H33N3O.C27H16ClN3O.C24H29BO2/c1-3-12-30(13-4-1)42-46-43(48-44(47-42)32-24-25-35-34-14-6-8-19-39(34)49-40(35)28-32)31-22-20-29(21-23-31)33-16-11-18-38-41(33)36-15-5-7-17-37(36)45(38)26-9-2-10-27-45;28-20-13-10-18(11-14-20)26-29-25(17-6-2-1-3-7-17)30-27(31-26)19-12-15-22-21-8-4-5-9-23(21)32-24(22)16-19;1-22(2)23(3,4)27-25(26-22)20-14-10-13-19-21(20)17-11-6-7-12-18(17)24(19)15-8-5-9-16-24/h1,3-8,11-25,28H,2,9-10,26-27H2;1-16H;6-7,10-14H,5,8-9,15-16H2,1-4H3. The van der Waals surface area contributed by atoms with Crippen LogP contribution in [0.5, 0.6) is 0 Å². The second kappa shape index (κ2) is 27.1. The maximum atomic E-state index is 6.44. The zero-order valence-electron chi connectivity index (χ0n) is 60.9. The Labute approximate surface area is 634 Å². The summed E-state index contributed by atoms with van der Waals surface area (Å²) in [5, 5.41) is 5.02. The van der Waals surface area contributed by atoms with E-state index in [1.807, 2.05) is 140 Å². The number of para-hydroxylation sites is 2. The van der Waals surface area contributed by atoms with Crippen molar-refractivity contribution in [2.24, 2.45) is 0 Å². The number of aromatic nitrogens is 6. The van der Waals surface area contributed by atoms with Gasteiger partial charge in [-0.25, -0.2) is 29.9 Å². The molecular weight excluding hydrogens is 1350 g/mol. The maximum Gasteiger partial charge on any atom is 0.495 e. The third kappa shape index (κ3) is 11.7. The Hall–Kier alpha value is -11.5. The highest BCUT2D eigenvalue weighted by Gasteiger charge is 2.54. The number of furan rings is 2. The molecule has 0 unspecified atom stereocenters. The van der Waals surface area contributed by atoms with Gasteiger partial charge in [0.1, 0.15) is 22.3 Å². The molecule has 12 heteroatoms. The van der Waals surface area contributed by atoms with Crippen molar-refractivity contribution in [1.29, 1.82) is 0 Å². The van der Waals surface area contributed by atoms with E-state index in [9.17, 15) is 0 Å². The van der Waals surface area contributed by atoms with Crippen LogP contribution in [0, 0.1) is 0 Å². The number of hydrogen-bond acceptors (Lipinski definition) is 10. The van der Waals surface area contributed by atoms with Crippen LogP contribution in [0.25, 0.3) is 146 Å². The molecule has 4 aromatic heterocycles. The van der Waals surface area contributed by atoms with E-state index >= 15 is 0 Å². The summed E-state index contributed by atoms with van der Waals surface area (Å²) in [5.41, 5.74) is 23.8. The fourth-order valence-corrected chi connectivity index (χ4v) is 17.8. The van der Waals surface area contributed by atoms with Crippen LogP contribution in [0.15, 0.2) is 288 Å². The highest BCUT2D eigenvalue weighted by atomic mass is 35.5. The lowest BCUT2D eigenvalue weighted by atomic mass is 9.66. The summed E-state index contributed by atoms with van der Waals surface area (Å²) in [6.07, 6.45) is 12.9. The van der Waals surface area contributed by atoms with E-state index in [4.69, 9.17) is 59.6 Å². The predicted octanol–water partition coefficient (Wildman–Crippen LogP) is 24.3. The Morgan fingerprint density at radius 3 is 1.11 bits per heavy atom. The van der Waals surface area contributed by atoms with Gasteiger partial charge in [0.15, 0.2) is 34.9 Å². The van der Waals surface area contributed by atoms with Crippen LogP contribution in [0.2, 0.25) is 5.02 Å². The molecule has 0 N–H and O–H groups in total. The Kier molecular flexibility index (Phi) is 16.8. The molecule has 2 spiro atoms. The maximum absolute atomic E-state index is 6.44. The summed E-state index contributed by atoms with van der Waals surface area (Å²) in [7, 11) is -0.309. The molecule has 10 nitrogen and oxygen atoms in total. The molecule has 1 saturated heterocycles. The first-order valence-electron chi connectivity index (χ1n) is 38.0. The second-order valence-corrected chi connectivity index (χ2v) is 30.9. The zero-order chi connectivity index (χ0) is 72.7. The molecule has 5 aliphatic rings. The topological polar surface area (TPSA) is 122 Å². The molecule has 0 atom stereocenters. The van der Waals surface area contributed by atoms with Gasteiger partial charge in [0, 0.05) is 70.8 Å². The van der Waals surface area contributed by atoms with Crippen molar-refractivity contribution in [3.63, 3.8) is 0 Å². The van der Waals surface area contributed by atoms with Gasteiger partial charge >= 0.3 is 7.12 Å². The molecule has 108 heavy (non-hydrogen) atoms. The minimum Gasteiger partial charge on any atom is -0.456 e. The molecule has 3 fully saturated rings. The van der Waals surface area contributed by atoms with Crippen molar-refractivity contribution in [2.75, 3.05) is 0 Å². The van der Waals surface area contributed by atoms with Gasteiger partial charge in [0.25, 0.3) is 0 Å². The van der Waals surface area contributed by atoms with Gasteiger partial charge in [-0.05, 0) is 175 Å². The van der Waals surface area contributed by atoms with Crippen molar-refractivity contribution in [1.82, 2.24) is 29.9 Å². The van der Waals surface area contributed by atoms with Gasteiger partial charge in [-0.15, -0.1) is 0 Å². The van der Waals surface area contributed by atoms with Gasteiger partial charge in [-0.1, -0.05) is 269 Å². The zero-order valence-corrected chi connectivity index (χ0v) is 61.7. The third-order valence-corrected chi connectivity index (χ3v) is 24.0. The second-order valence-electron chi connectivity index (χ2n) is 30.5. The molecule has 1 aliphatic heterocycles. The molecule has 12 aromatic carbocycles. The SMILES string of the molecule is CC1(C)OB(c2cccc3c2-c2ccccc2C32CCCCC2)OC1(C)C.Clc1ccc(-c2nc(-c3ccccc3)nc(-c3ccc4c(c3)oc3ccccc34)n2)cc1.c1ccc(-c2nc(-c3ccc(-c4cccc5c4-c4ccccc4C54CCCCC4)cc3)nc(-c3ccc4c(c3)oc3ccccc34)n2)cc1. The highest BCUT2D eigenvalue weighted by molar-refractivity contribution is 6.64. The fraction of sp³-hybridized carbons (Fsp3) is 0.188. The minimum absolute atomic E-state index is 0.140. The first-order chi connectivity index (χ1) is 52.8. The Bertz CT molecular complexity index is 6110. The first-order valence-corrected chi connectivity index (χ1v) is 38.4. The van der Waals surface area contributed by atoms with Crippen molar-refractivity contribution in [3.05, 3.63) is 306 Å². The first kappa shape index (κ1) is 67.2. The molecule has 0 radical (unpaired) electrons. The van der Waals surface area contributed by atoms with E-state index in [1.54, 1.807) is 0 Å². The lowest BCUT2D eigenvalue weighted by molar-refractivity contribution is 0.00578. The molecule has 2 saturated carbocycles. The van der Waals surface area contributed by atoms with Crippen LogP contribution in [-0.4, -0.2) is 48.2 Å². The predicted molar refractivity (Wildman–Crippen MR) is 438 cm³/mol. The minimum atomic E-state index is -0.318. The van der Waals surface area contributed by atoms with Gasteiger partial charge in [-0.2, -0.15) is 0 Å². The van der Waals surface area contributed by atoms with Crippen molar-refractivity contribution in [3.8, 4) is 102 Å².